The third-order valence-electron chi connectivity index (χ3n) is 4.51. The van der Waals surface area contributed by atoms with E-state index in [2.05, 4.69) is 10.6 Å². The average molecular weight is 401 g/mol. The van der Waals surface area contributed by atoms with Crippen LogP contribution in [-0.4, -0.2) is 66.8 Å². The molecule has 2 N–H and O–H groups in total. The second-order valence-electron chi connectivity index (χ2n) is 6.66. The molecule has 1 aromatic carbocycles. The molecule has 0 atom stereocenters. The first kappa shape index (κ1) is 20.0. The summed E-state index contributed by atoms with van der Waals surface area (Å²) in [5, 5.41) is 5.55. The van der Waals surface area contributed by atoms with Gasteiger partial charge in [-0.3, -0.25) is 19.3 Å². The molecule has 0 aliphatic carbocycles. The first-order valence-corrected chi connectivity index (χ1v) is 10.0. The topological polar surface area (TPSA) is 81.8 Å². The van der Waals surface area contributed by atoms with Gasteiger partial charge in [-0.05, 0) is 31.2 Å². The van der Waals surface area contributed by atoms with Crippen LogP contribution in [0.15, 0.2) is 42.5 Å². The molecule has 3 rings (SSSR count). The van der Waals surface area contributed by atoms with Crippen LogP contribution in [0.3, 0.4) is 0 Å². The van der Waals surface area contributed by atoms with E-state index < -0.39 is 0 Å². The van der Waals surface area contributed by atoms with E-state index in [1.165, 1.54) is 11.3 Å². The molecular formula is C20H24N4O3S. The normalized spacial score (nSPS) is 14.5. The molecule has 1 aromatic heterocycles. The van der Waals surface area contributed by atoms with Crippen LogP contribution < -0.4 is 10.6 Å². The maximum atomic E-state index is 12.3. The van der Waals surface area contributed by atoms with Gasteiger partial charge in [0.05, 0.1) is 18.0 Å². The van der Waals surface area contributed by atoms with Crippen LogP contribution in [-0.2, 0) is 9.59 Å². The number of para-hydroxylation sites is 1. The van der Waals surface area contributed by atoms with E-state index in [0.29, 0.717) is 37.6 Å². The molecule has 2 aromatic rings. The molecule has 8 heteroatoms. The van der Waals surface area contributed by atoms with Gasteiger partial charge in [-0.1, -0.05) is 18.2 Å². The molecular weight excluding hydrogens is 376 g/mol. The molecule has 1 saturated heterocycles. The Morgan fingerprint density at radius 2 is 1.71 bits per heavy atom. The fourth-order valence-corrected chi connectivity index (χ4v) is 3.78. The van der Waals surface area contributed by atoms with E-state index in [1.807, 2.05) is 48.2 Å². The van der Waals surface area contributed by atoms with Gasteiger partial charge < -0.3 is 15.5 Å². The van der Waals surface area contributed by atoms with E-state index in [4.69, 9.17) is 0 Å². The number of carbonyl (C=O) groups excluding carboxylic acids is 3. The lowest BCUT2D eigenvalue weighted by Crippen LogP contribution is -2.52. The van der Waals surface area contributed by atoms with Crippen LogP contribution in [0.1, 0.15) is 14.5 Å². The van der Waals surface area contributed by atoms with Crippen molar-refractivity contribution in [1.82, 2.24) is 15.1 Å². The number of hydrogen-bond acceptors (Lipinski definition) is 5. The summed E-state index contributed by atoms with van der Waals surface area (Å²) in [6.07, 6.45) is 0. The molecule has 28 heavy (non-hydrogen) atoms. The molecule has 148 valence electrons. The minimum atomic E-state index is -0.220. The Labute approximate surface area is 168 Å². The van der Waals surface area contributed by atoms with Crippen LogP contribution in [0.2, 0.25) is 0 Å². The van der Waals surface area contributed by atoms with Gasteiger partial charge in [-0.25, -0.2) is 0 Å². The van der Waals surface area contributed by atoms with E-state index in [-0.39, 0.29) is 24.3 Å². The quantitative estimate of drug-likeness (QED) is 0.771. The van der Waals surface area contributed by atoms with Crippen LogP contribution in [0.25, 0.3) is 0 Å². The summed E-state index contributed by atoms with van der Waals surface area (Å²) >= 11 is 1.41. The van der Waals surface area contributed by atoms with Crippen LogP contribution in [0.5, 0.6) is 0 Å². The number of piperazine rings is 1. The summed E-state index contributed by atoms with van der Waals surface area (Å²) in [5.41, 5.74) is 0.776. The second kappa shape index (κ2) is 9.48. The van der Waals surface area contributed by atoms with Gasteiger partial charge in [0.1, 0.15) is 0 Å². The van der Waals surface area contributed by atoms with Crippen molar-refractivity contribution in [1.29, 1.82) is 0 Å². The van der Waals surface area contributed by atoms with Gasteiger partial charge in [0, 0.05) is 36.7 Å². The van der Waals surface area contributed by atoms with Crippen molar-refractivity contribution < 1.29 is 14.4 Å². The Balaban J connectivity index is 1.37. The van der Waals surface area contributed by atoms with Crippen molar-refractivity contribution in [2.45, 2.75) is 6.92 Å². The molecule has 0 spiro atoms. The Morgan fingerprint density at radius 3 is 2.36 bits per heavy atom. The summed E-state index contributed by atoms with van der Waals surface area (Å²) in [4.78, 5) is 41.9. The number of nitrogens with zero attached hydrogens (tertiary/aromatic N) is 2. The number of aryl methyl sites for hydroxylation is 1. The van der Waals surface area contributed by atoms with E-state index in [9.17, 15) is 14.4 Å². The number of hydrogen-bond donors (Lipinski definition) is 2. The minimum Gasteiger partial charge on any atom is -0.342 e. The van der Waals surface area contributed by atoms with Crippen molar-refractivity contribution in [3.8, 4) is 0 Å². The number of anilines is 1. The standard InChI is InChI=1S/C20H24N4O3S/c1-15-7-8-17(28-15)20(27)21-13-19(26)24-11-9-23(10-12-24)14-18(25)22-16-5-3-2-4-6-16/h2-8H,9-14H2,1H3,(H,21,27)(H,22,25). The number of nitrogens with one attached hydrogen (secondary N) is 2. The van der Waals surface area contributed by atoms with Gasteiger partial charge in [0.15, 0.2) is 0 Å². The highest BCUT2D eigenvalue weighted by molar-refractivity contribution is 7.13. The Bertz CT molecular complexity index is 829. The maximum absolute atomic E-state index is 12.3. The number of rotatable bonds is 6. The fourth-order valence-electron chi connectivity index (χ4n) is 2.99. The maximum Gasteiger partial charge on any atom is 0.261 e. The summed E-state index contributed by atoms with van der Waals surface area (Å²) in [7, 11) is 0. The van der Waals surface area contributed by atoms with Gasteiger partial charge in [-0.2, -0.15) is 0 Å². The lowest BCUT2D eigenvalue weighted by molar-refractivity contribution is -0.132. The Kier molecular flexibility index (Phi) is 6.78. The van der Waals surface area contributed by atoms with Crippen LogP contribution >= 0.6 is 11.3 Å². The van der Waals surface area contributed by atoms with Crippen molar-refractivity contribution in [3.05, 3.63) is 52.2 Å². The number of carbonyl (C=O) groups is 3. The highest BCUT2D eigenvalue weighted by atomic mass is 32.1. The molecule has 0 bridgehead atoms. The fraction of sp³-hybridized carbons (Fsp3) is 0.350. The lowest BCUT2D eigenvalue weighted by atomic mass is 10.3. The molecule has 0 saturated carbocycles. The van der Waals surface area contributed by atoms with Gasteiger partial charge >= 0.3 is 0 Å². The van der Waals surface area contributed by atoms with Gasteiger partial charge in [-0.15, -0.1) is 11.3 Å². The molecule has 2 heterocycles. The van der Waals surface area contributed by atoms with Gasteiger partial charge in [0.25, 0.3) is 5.91 Å². The summed E-state index contributed by atoms with van der Waals surface area (Å²) < 4.78 is 0. The first-order valence-electron chi connectivity index (χ1n) is 9.21. The van der Waals surface area contributed by atoms with Crippen LogP contribution in [0, 0.1) is 6.92 Å². The van der Waals surface area contributed by atoms with Gasteiger partial charge in [0.2, 0.25) is 11.8 Å². The van der Waals surface area contributed by atoms with E-state index in [1.54, 1.807) is 11.0 Å². The Morgan fingerprint density at radius 1 is 1.00 bits per heavy atom. The molecule has 3 amide bonds. The Hall–Kier alpha value is -2.71. The smallest absolute Gasteiger partial charge is 0.261 e. The summed E-state index contributed by atoms with van der Waals surface area (Å²) in [5.74, 6) is -0.387. The lowest BCUT2D eigenvalue weighted by Gasteiger charge is -2.34. The zero-order chi connectivity index (χ0) is 19.9. The van der Waals surface area contributed by atoms with Crippen molar-refractivity contribution in [3.63, 3.8) is 0 Å². The predicted molar refractivity (Wildman–Crippen MR) is 109 cm³/mol. The minimum absolute atomic E-state index is 0.00965. The van der Waals surface area contributed by atoms with Crippen molar-refractivity contribution in [2.24, 2.45) is 0 Å². The molecule has 7 nitrogen and oxygen atoms in total. The first-order chi connectivity index (χ1) is 13.5. The van der Waals surface area contributed by atoms with Crippen molar-refractivity contribution in [2.75, 3.05) is 44.6 Å². The third-order valence-corrected chi connectivity index (χ3v) is 5.51. The molecule has 1 aliphatic rings. The molecule has 1 fully saturated rings. The number of benzene rings is 1. The third kappa shape index (κ3) is 5.64. The zero-order valence-electron chi connectivity index (χ0n) is 15.8. The molecule has 0 unspecified atom stereocenters. The zero-order valence-corrected chi connectivity index (χ0v) is 16.6. The average Bonchev–Trinajstić information content (AvgIpc) is 3.13. The monoisotopic (exact) mass is 400 g/mol. The number of amides is 3. The SMILES string of the molecule is Cc1ccc(C(=O)NCC(=O)N2CCN(CC(=O)Nc3ccccc3)CC2)s1. The highest BCUT2D eigenvalue weighted by Gasteiger charge is 2.23. The van der Waals surface area contributed by atoms with E-state index in [0.717, 1.165) is 10.6 Å². The highest BCUT2D eigenvalue weighted by Crippen LogP contribution is 2.14. The van der Waals surface area contributed by atoms with E-state index >= 15 is 0 Å². The largest absolute Gasteiger partial charge is 0.342 e. The predicted octanol–water partition coefficient (Wildman–Crippen LogP) is 1.57. The second-order valence-corrected chi connectivity index (χ2v) is 7.95. The summed E-state index contributed by atoms with van der Waals surface area (Å²) in [6.45, 7) is 4.58. The number of thiophene rings is 1. The van der Waals surface area contributed by atoms with Crippen LogP contribution in [0.4, 0.5) is 5.69 Å². The molecule has 0 radical (unpaired) electrons. The van der Waals surface area contributed by atoms with Crippen molar-refractivity contribution >= 4 is 34.7 Å². The molecule has 1 aliphatic heterocycles. The summed E-state index contributed by atoms with van der Waals surface area (Å²) in [6, 6.07) is 13.0.